The first kappa shape index (κ1) is 13.9. The molecule has 17 heavy (non-hydrogen) atoms. The Bertz CT molecular complexity index is 431. The molecule has 0 spiro atoms. The third-order valence-electron chi connectivity index (χ3n) is 1.96. The number of amides is 2. The summed E-state index contributed by atoms with van der Waals surface area (Å²) in [6, 6.07) is 0. The molecule has 0 fully saturated rings. The fraction of sp³-hybridized carbons (Fsp3) is 0.500. The fourth-order valence-electron chi connectivity index (χ4n) is 1.12. The van der Waals surface area contributed by atoms with E-state index in [9.17, 15) is 9.59 Å². The second-order valence-electron chi connectivity index (χ2n) is 3.62. The number of thiazole rings is 1. The van der Waals surface area contributed by atoms with Crippen LogP contribution in [0.15, 0.2) is 0 Å². The second kappa shape index (κ2) is 5.97. The van der Waals surface area contributed by atoms with Crippen LogP contribution >= 0.6 is 22.9 Å². The monoisotopic (exact) mass is 275 g/mol. The molecule has 0 saturated carbocycles. The molecule has 1 aromatic rings. The molecule has 0 aromatic carbocycles. The van der Waals surface area contributed by atoms with Crippen LogP contribution in [0.5, 0.6) is 0 Å². The number of anilines is 1. The third-order valence-corrected chi connectivity index (χ3v) is 3.21. The molecule has 1 rings (SSSR count). The number of nitrogens with zero attached hydrogens (tertiary/aromatic N) is 2. The number of hydrogen-bond acceptors (Lipinski definition) is 4. The molecule has 0 aliphatic carbocycles. The maximum absolute atomic E-state index is 11.8. The van der Waals surface area contributed by atoms with Gasteiger partial charge in [0, 0.05) is 26.4 Å². The van der Waals surface area contributed by atoms with Crippen molar-refractivity contribution in [2.45, 2.75) is 13.3 Å². The van der Waals surface area contributed by atoms with Gasteiger partial charge in [-0.2, -0.15) is 0 Å². The molecule has 0 radical (unpaired) electrons. The van der Waals surface area contributed by atoms with Crippen molar-refractivity contribution in [2.75, 3.05) is 25.3 Å². The molecule has 2 amide bonds. The van der Waals surface area contributed by atoms with E-state index in [0.717, 1.165) is 0 Å². The number of rotatable bonds is 4. The van der Waals surface area contributed by atoms with Crippen LogP contribution in [0.25, 0.3) is 0 Å². The van der Waals surface area contributed by atoms with Crippen LogP contribution in [0.1, 0.15) is 21.8 Å². The first-order chi connectivity index (χ1) is 7.95. The highest BCUT2D eigenvalue weighted by molar-refractivity contribution is 7.17. The molecule has 0 aliphatic heterocycles. The maximum Gasteiger partial charge on any atom is 0.265 e. The average Bonchev–Trinajstić information content (AvgIpc) is 2.58. The zero-order chi connectivity index (χ0) is 13.0. The van der Waals surface area contributed by atoms with Crippen LogP contribution in [0.2, 0.25) is 0 Å². The Morgan fingerprint density at radius 1 is 1.47 bits per heavy atom. The number of alkyl halides is 1. The second-order valence-corrected chi connectivity index (χ2v) is 5.00. The van der Waals surface area contributed by atoms with Crippen molar-refractivity contribution in [3.8, 4) is 0 Å². The van der Waals surface area contributed by atoms with Crippen LogP contribution in [-0.4, -0.2) is 41.7 Å². The van der Waals surface area contributed by atoms with Crippen LogP contribution in [0, 0.1) is 6.92 Å². The smallest absolute Gasteiger partial charge is 0.265 e. The van der Waals surface area contributed by atoms with Gasteiger partial charge in [0.2, 0.25) is 5.91 Å². The minimum Gasteiger partial charge on any atom is -0.344 e. The molecule has 0 bridgehead atoms. The Hall–Kier alpha value is -1.14. The van der Waals surface area contributed by atoms with Gasteiger partial charge in [-0.05, 0) is 6.92 Å². The molecule has 0 atom stereocenters. The zero-order valence-corrected chi connectivity index (χ0v) is 11.5. The van der Waals surface area contributed by atoms with Crippen molar-refractivity contribution in [1.82, 2.24) is 9.88 Å². The number of nitrogens with one attached hydrogen (secondary N) is 1. The van der Waals surface area contributed by atoms with E-state index < -0.39 is 0 Å². The molecule has 5 nitrogen and oxygen atoms in total. The van der Waals surface area contributed by atoms with Gasteiger partial charge in [-0.25, -0.2) is 4.98 Å². The summed E-state index contributed by atoms with van der Waals surface area (Å²) in [6.07, 6.45) is 0.233. The Balaban J connectivity index is 2.81. The number of halogens is 1. The van der Waals surface area contributed by atoms with Gasteiger partial charge in [-0.3, -0.25) is 9.59 Å². The highest BCUT2D eigenvalue weighted by Crippen LogP contribution is 2.23. The first-order valence-corrected chi connectivity index (χ1v) is 6.35. The lowest BCUT2D eigenvalue weighted by molar-refractivity contribution is -0.115. The van der Waals surface area contributed by atoms with E-state index >= 15 is 0 Å². The summed E-state index contributed by atoms with van der Waals surface area (Å²) >= 11 is 6.63. The predicted molar refractivity (Wildman–Crippen MR) is 68.8 cm³/mol. The quantitative estimate of drug-likeness (QED) is 0.851. The van der Waals surface area contributed by atoms with Gasteiger partial charge in [-0.15, -0.1) is 11.6 Å². The summed E-state index contributed by atoms with van der Waals surface area (Å²) in [5, 5.41) is 3.04. The number of carbonyl (C=O) groups is 2. The maximum atomic E-state index is 11.8. The molecule has 94 valence electrons. The fourth-order valence-corrected chi connectivity index (χ4v) is 2.29. The molecule has 1 heterocycles. The normalized spacial score (nSPS) is 10.1. The van der Waals surface area contributed by atoms with Crippen molar-refractivity contribution in [3.05, 3.63) is 10.6 Å². The van der Waals surface area contributed by atoms with Crippen LogP contribution in [-0.2, 0) is 4.79 Å². The van der Waals surface area contributed by atoms with Crippen molar-refractivity contribution in [2.24, 2.45) is 0 Å². The SMILES string of the molecule is Cc1nc(NC(=O)CCCl)sc1C(=O)N(C)C. The molecule has 7 heteroatoms. The lowest BCUT2D eigenvalue weighted by Crippen LogP contribution is -2.21. The lowest BCUT2D eigenvalue weighted by Gasteiger charge is -2.07. The predicted octanol–water partition coefficient (Wildman–Crippen LogP) is 1.72. The van der Waals surface area contributed by atoms with Gasteiger partial charge < -0.3 is 10.2 Å². The molecular weight excluding hydrogens is 262 g/mol. The summed E-state index contributed by atoms with van der Waals surface area (Å²) in [5.74, 6) is -0.0462. The number of hydrogen-bond donors (Lipinski definition) is 1. The van der Waals surface area contributed by atoms with Gasteiger partial charge >= 0.3 is 0 Å². The van der Waals surface area contributed by atoms with Crippen molar-refractivity contribution < 1.29 is 9.59 Å². The van der Waals surface area contributed by atoms with E-state index in [-0.39, 0.29) is 24.1 Å². The summed E-state index contributed by atoms with van der Waals surface area (Å²) in [5.41, 5.74) is 0.620. The average molecular weight is 276 g/mol. The van der Waals surface area contributed by atoms with Crippen molar-refractivity contribution >= 4 is 39.9 Å². The van der Waals surface area contributed by atoms with E-state index in [2.05, 4.69) is 10.3 Å². The first-order valence-electron chi connectivity index (χ1n) is 5.00. The molecule has 0 saturated heterocycles. The molecule has 1 aromatic heterocycles. The van der Waals surface area contributed by atoms with Gasteiger partial charge in [0.05, 0.1) is 5.69 Å². The third kappa shape index (κ3) is 3.67. The molecule has 0 aliphatic rings. The molecule has 1 N–H and O–H groups in total. The summed E-state index contributed by atoms with van der Waals surface area (Å²) in [6.45, 7) is 1.74. The highest BCUT2D eigenvalue weighted by atomic mass is 35.5. The van der Waals surface area contributed by atoms with Gasteiger partial charge in [0.1, 0.15) is 4.88 Å². The highest BCUT2D eigenvalue weighted by Gasteiger charge is 2.17. The van der Waals surface area contributed by atoms with Crippen LogP contribution < -0.4 is 5.32 Å². The Morgan fingerprint density at radius 2 is 2.12 bits per heavy atom. The molecule has 0 unspecified atom stereocenters. The van der Waals surface area contributed by atoms with Gasteiger partial charge in [0.15, 0.2) is 5.13 Å². The topological polar surface area (TPSA) is 62.3 Å². The minimum atomic E-state index is -0.197. The Labute approximate surface area is 109 Å². The minimum absolute atomic E-state index is 0.113. The van der Waals surface area contributed by atoms with Gasteiger partial charge in [-0.1, -0.05) is 11.3 Å². The number of aromatic nitrogens is 1. The van der Waals surface area contributed by atoms with Crippen molar-refractivity contribution in [3.63, 3.8) is 0 Å². The number of carbonyl (C=O) groups excluding carboxylic acids is 2. The van der Waals surface area contributed by atoms with E-state index in [1.165, 1.54) is 16.2 Å². The number of aryl methyl sites for hydroxylation is 1. The zero-order valence-electron chi connectivity index (χ0n) is 9.91. The van der Waals surface area contributed by atoms with Crippen molar-refractivity contribution in [1.29, 1.82) is 0 Å². The van der Waals surface area contributed by atoms with E-state index in [1.807, 2.05) is 0 Å². The molecular formula is C10H14ClN3O2S. The van der Waals surface area contributed by atoms with Crippen LogP contribution in [0.3, 0.4) is 0 Å². The van der Waals surface area contributed by atoms with E-state index in [0.29, 0.717) is 15.7 Å². The van der Waals surface area contributed by atoms with E-state index in [1.54, 1.807) is 21.0 Å². The summed E-state index contributed by atoms with van der Waals surface area (Å²) in [7, 11) is 3.35. The summed E-state index contributed by atoms with van der Waals surface area (Å²) < 4.78 is 0. The standard InChI is InChI=1S/C10H14ClN3O2S/c1-6-8(9(16)14(2)3)17-10(12-6)13-7(15)4-5-11/h4-5H2,1-3H3,(H,12,13,15). The largest absolute Gasteiger partial charge is 0.344 e. The Morgan fingerprint density at radius 3 is 2.65 bits per heavy atom. The van der Waals surface area contributed by atoms with E-state index in [4.69, 9.17) is 11.6 Å². The van der Waals surface area contributed by atoms with Gasteiger partial charge in [0.25, 0.3) is 5.91 Å². The summed E-state index contributed by atoms with van der Waals surface area (Å²) in [4.78, 5) is 29.2. The van der Waals surface area contributed by atoms with Crippen LogP contribution in [0.4, 0.5) is 5.13 Å². The Kier molecular flexibility index (Phi) is 4.89. The lowest BCUT2D eigenvalue weighted by atomic mass is 10.3.